The van der Waals surface area contributed by atoms with E-state index in [-0.39, 0.29) is 0 Å². The third kappa shape index (κ3) is 3.63. The Bertz CT molecular complexity index is 813. The lowest BCUT2D eigenvalue weighted by Gasteiger charge is -2.13. The lowest BCUT2D eigenvalue weighted by molar-refractivity contribution is 0.417. The molecule has 0 aliphatic carbocycles. The fourth-order valence-electron chi connectivity index (χ4n) is 2.56. The van der Waals surface area contributed by atoms with Gasteiger partial charge in [0.05, 0.1) is 12.8 Å². The summed E-state index contributed by atoms with van der Waals surface area (Å²) < 4.78 is 5.30. The van der Waals surface area contributed by atoms with Crippen LogP contribution in [0.1, 0.15) is 5.56 Å². The Balaban J connectivity index is 1.55. The first kappa shape index (κ1) is 15.4. The number of aromatic amines is 1. The van der Waals surface area contributed by atoms with Crippen LogP contribution in [0.25, 0.3) is 10.9 Å². The molecule has 0 unspecified atom stereocenters. The summed E-state index contributed by atoms with van der Waals surface area (Å²) in [6.45, 7) is 0.767. The lowest BCUT2D eigenvalue weighted by Crippen LogP contribution is -2.30. The molecule has 0 aliphatic rings. The van der Waals surface area contributed by atoms with E-state index in [1.807, 2.05) is 30.3 Å². The molecule has 1 heterocycles. The van der Waals surface area contributed by atoms with Crippen molar-refractivity contribution in [3.8, 4) is 5.75 Å². The molecule has 118 valence electrons. The van der Waals surface area contributed by atoms with Gasteiger partial charge in [0.1, 0.15) is 5.75 Å². The van der Waals surface area contributed by atoms with E-state index in [2.05, 4.69) is 40.0 Å². The summed E-state index contributed by atoms with van der Waals surface area (Å²) in [5.41, 5.74) is 3.31. The van der Waals surface area contributed by atoms with Gasteiger partial charge in [0, 0.05) is 23.6 Å². The van der Waals surface area contributed by atoms with Gasteiger partial charge in [-0.2, -0.15) is 0 Å². The van der Waals surface area contributed by atoms with Gasteiger partial charge in [0.25, 0.3) is 0 Å². The normalized spacial score (nSPS) is 10.5. The summed E-state index contributed by atoms with van der Waals surface area (Å²) in [5, 5.41) is 8.26. The second-order valence-corrected chi connectivity index (χ2v) is 5.60. The van der Waals surface area contributed by atoms with Gasteiger partial charge in [-0.1, -0.05) is 30.3 Å². The fraction of sp³-hybridized carbons (Fsp3) is 0.167. The second-order valence-electron chi connectivity index (χ2n) is 5.19. The quantitative estimate of drug-likeness (QED) is 0.626. The maximum atomic E-state index is 5.35. The zero-order chi connectivity index (χ0) is 16.1. The Hall–Kier alpha value is -2.53. The van der Waals surface area contributed by atoms with Gasteiger partial charge in [-0.05, 0) is 42.4 Å². The number of hydrogen-bond donors (Lipinski definition) is 3. The van der Waals surface area contributed by atoms with Gasteiger partial charge in [-0.15, -0.1) is 0 Å². The highest BCUT2D eigenvalue weighted by Crippen LogP contribution is 2.22. The highest BCUT2D eigenvalue weighted by molar-refractivity contribution is 7.80. The standard InChI is InChI=1S/C18H19N3OS/c1-22-17-9-5-4-8-16(17)21-18(23)19-11-10-13-12-20-15-7-3-2-6-14(13)15/h2-9,12,20H,10-11H2,1H3,(H2,19,21,23). The zero-order valence-electron chi connectivity index (χ0n) is 12.9. The van der Waals surface area contributed by atoms with E-state index in [9.17, 15) is 0 Å². The molecule has 0 saturated carbocycles. The number of nitrogens with one attached hydrogen (secondary N) is 3. The van der Waals surface area contributed by atoms with Crippen molar-refractivity contribution in [2.45, 2.75) is 6.42 Å². The van der Waals surface area contributed by atoms with Crippen LogP contribution in [0.2, 0.25) is 0 Å². The van der Waals surface area contributed by atoms with Crippen LogP contribution in [-0.4, -0.2) is 23.8 Å². The minimum Gasteiger partial charge on any atom is -0.495 e. The van der Waals surface area contributed by atoms with E-state index < -0.39 is 0 Å². The molecule has 2 aromatic carbocycles. The minimum atomic E-state index is 0.592. The van der Waals surface area contributed by atoms with E-state index in [1.54, 1.807) is 7.11 Å². The van der Waals surface area contributed by atoms with Crippen molar-refractivity contribution >= 4 is 33.9 Å². The Morgan fingerprint density at radius 3 is 2.78 bits per heavy atom. The molecule has 0 amide bonds. The first-order valence-corrected chi connectivity index (χ1v) is 7.91. The monoisotopic (exact) mass is 325 g/mol. The summed E-state index contributed by atoms with van der Waals surface area (Å²) >= 11 is 5.35. The van der Waals surface area contributed by atoms with Crippen molar-refractivity contribution in [2.75, 3.05) is 19.0 Å². The SMILES string of the molecule is COc1ccccc1NC(=S)NCCc1c[nH]c2ccccc12. The average molecular weight is 325 g/mol. The molecule has 5 heteroatoms. The predicted octanol–water partition coefficient (Wildman–Crippen LogP) is 3.71. The van der Waals surface area contributed by atoms with Gasteiger partial charge in [-0.25, -0.2) is 0 Å². The number of fused-ring (bicyclic) bond motifs is 1. The van der Waals surface area contributed by atoms with Gasteiger partial charge in [0.15, 0.2) is 5.11 Å². The van der Waals surface area contributed by atoms with Crippen molar-refractivity contribution in [3.05, 3.63) is 60.3 Å². The average Bonchev–Trinajstić information content (AvgIpc) is 2.99. The van der Waals surface area contributed by atoms with E-state index in [1.165, 1.54) is 10.9 Å². The summed E-state index contributed by atoms with van der Waals surface area (Å²) in [5.74, 6) is 0.772. The van der Waals surface area contributed by atoms with Gasteiger partial charge in [0.2, 0.25) is 0 Å². The van der Waals surface area contributed by atoms with Gasteiger partial charge in [-0.3, -0.25) is 0 Å². The molecule has 3 N–H and O–H groups in total. The molecule has 3 aromatic rings. The van der Waals surface area contributed by atoms with Crippen molar-refractivity contribution in [1.29, 1.82) is 0 Å². The molecule has 0 fully saturated rings. The maximum Gasteiger partial charge on any atom is 0.170 e. The first-order valence-electron chi connectivity index (χ1n) is 7.51. The van der Waals surface area contributed by atoms with E-state index in [4.69, 9.17) is 17.0 Å². The number of ether oxygens (including phenoxy) is 1. The molecule has 0 bridgehead atoms. The Labute approximate surface area is 140 Å². The number of benzene rings is 2. The largest absolute Gasteiger partial charge is 0.495 e. The number of anilines is 1. The third-order valence-corrected chi connectivity index (χ3v) is 3.96. The van der Waals surface area contributed by atoms with E-state index in [0.717, 1.165) is 29.9 Å². The molecule has 0 atom stereocenters. The number of thiocarbonyl (C=S) groups is 1. The molecule has 4 nitrogen and oxygen atoms in total. The first-order chi connectivity index (χ1) is 11.3. The number of H-pyrrole nitrogens is 1. The van der Waals surface area contributed by atoms with Crippen LogP contribution in [0.4, 0.5) is 5.69 Å². The third-order valence-electron chi connectivity index (χ3n) is 3.71. The van der Waals surface area contributed by atoms with Crippen LogP contribution in [0.15, 0.2) is 54.7 Å². The highest BCUT2D eigenvalue weighted by atomic mass is 32.1. The second kappa shape index (κ2) is 7.15. The topological polar surface area (TPSA) is 49.1 Å². The number of methoxy groups -OCH3 is 1. The minimum absolute atomic E-state index is 0.592. The Morgan fingerprint density at radius 1 is 1.13 bits per heavy atom. The molecular weight excluding hydrogens is 306 g/mol. The van der Waals surface area contributed by atoms with E-state index >= 15 is 0 Å². The molecular formula is C18H19N3OS. The Morgan fingerprint density at radius 2 is 1.91 bits per heavy atom. The maximum absolute atomic E-state index is 5.35. The van der Waals surface area contributed by atoms with Crippen LogP contribution >= 0.6 is 12.2 Å². The Kier molecular flexibility index (Phi) is 4.78. The molecule has 1 aromatic heterocycles. The number of hydrogen-bond acceptors (Lipinski definition) is 2. The summed E-state index contributed by atoms with van der Waals surface area (Å²) in [7, 11) is 1.65. The molecule has 0 spiro atoms. The van der Waals surface area contributed by atoms with E-state index in [0.29, 0.717) is 5.11 Å². The smallest absolute Gasteiger partial charge is 0.170 e. The molecule has 0 saturated heterocycles. The molecule has 0 aliphatic heterocycles. The number of aromatic nitrogens is 1. The van der Waals surface area contributed by atoms with Crippen molar-refractivity contribution in [2.24, 2.45) is 0 Å². The fourth-order valence-corrected chi connectivity index (χ4v) is 2.78. The summed E-state index contributed by atoms with van der Waals surface area (Å²) in [6, 6.07) is 16.0. The van der Waals surface area contributed by atoms with Crippen LogP contribution in [0.5, 0.6) is 5.75 Å². The molecule has 0 radical (unpaired) electrons. The van der Waals surface area contributed by atoms with Gasteiger partial charge >= 0.3 is 0 Å². The lowest BCUT2D eigenvalue weighted by atomic mass is 10.1. The highest BCUT2D eigenvalue weighted by Gasteiger charge is 2.05. The van der Waals surface area contributed by atoms with Crippen molar-refractivity contribution in [1.82, 2.24) is 10.3 Å². The number of para-hydroxylation sites is 3. The molecule has 23 heavy (non-hydrogen) atoms. The van der Waals surface area contributed by atoms with Crippen molar-refractivity contribution < 1.29 is 4.74 Å². The molecule has 3 rings (SSSR count). The van der Waals surface area contributed by atoms with Crippen LogP contribution in [-0.2, 0) is 6.42 Å². The summed E-state index contributed by atoms with van der Waals surface area (Å²) in [4.78, 5) is 3.29. The zero-order valence-corrected chi connectivity index (χ0v) is 13.7. The van der Waals surface area contributed by atoms with Crippen LogP contribution < -0.4 is 15.4 Å². The van der Waals surface area contributed by atoms with Crippen LogP contribution in [0.3, 0.4) is 0 Å². The van der Waals surface area contributed by atoms with Gasteiger partial charge < -0.3 is 20.4 Å². The number of rotatable bonds is 5. The van der Waals surface area contributed by atoms with Crippen LogP contribution in [0, 0.1) is 0 Å². The van der Waals surface area contributed by atoms with Crippen molar-refractivity contribution in [3.63, 3.8) is 0 Å². The predicted molar refractivity (Wildman–Crippen MR) is 99.2 cm³/mol. The summed E-state index contributed by atoms with van der Waals surface area (Å²) in [6.07, 6.45) is 2.96.